The minimum absolute atomic E-state index is 0.0642. The second-order valence-corrected chi connectivity index (χ2v) is 10.6. The van der Waals surface area contributed by atoms with Crippen LogP contribution in [0, 0.1) is 0 Å². The van der Waals surface area contributed by atoms with Gasteiger partial charge in [-0.15, -0.1) is 20.4 Å². The van der Waals surface area contributed by atoms with Gasteiger partial charge in [0.15, 0.2) is 0 Å². The Bertz CT molecular complexity index is 1400. The highest BCUT2D eigenvalue weighted by atomic mass is 32.2. The number of thioether (sulfide) groups is 1. The normalized spacial score (nSPS) is 11.3. The molecule has 2 N–H and O–H groups in total. The zero-order chi connectivity index (χ0) is 24.8. The lowest BCUT2D eigenvalue weighted by Gasteiger charge is -2.09. The first-order valence-electron chi connectivity index (χ1n) is 10.2. The molecule has 2 aromatic carbocycles. The highest BCUT2D eigenvalue weighted by molar-refractivity contribution is 7.99. The van der Waals surface area contributed by atoms with Crippen molar-refractivity contribution in [2.75, 3.05) is 22.9 Å². The minimum atomic E-state index is -3.76. The molecule has 0 aliphatic rings. The smallest absolute Gasteiger partial charge is 0.277 e. The second kappa shape index (κ2) is 10.8. The van der Waals surface area contributed by atoms with Crippen molar-refractivity contribution in [3.63, 3.8) is 0 Å². The van der Waals surface area contributed by atoms with Crippen LogP contribution in [0.5, 0.6) is 5.75 Å². The van der Waals surface area contributed by atoms with E-state index in [1.807, 2.05) is 6.92 Å². The van der Waals surface area contributed by atoms with E-state index < -0.39 is 10.0 Å². The molecule has 0 spiro atoms. The van der Waals surface area contributed by atoms with Crippen LogP contribution in [-0.4, -0.2) is 47.6 Å². The maximum absolute atomic E-state index is 12.6. The zero-order valence-electron chi connectivity index (χ0n) is 18.6. The number of anilines is 2. The molecule has 1 amide bonds. The number of aryl methyl sites for hydroxylation is 1. The van der Waals surface area contributed by atoms with Gasteiger partial charge < -0.3 is 9.15 Å². The molecule has 0 bridgehead atoms. The summed E-state index contributed by atoms with van der Waals surface area (Å²) in [5.41, 5.74) is 0.973. The van der Waals surface area contributed by atoms with E-state index in [0.717, 1.165) is 23.2 Å². The van der Waals surface area contributed by atoms with Crippen molar-refractivity contribution < 1.29 is 22.4 Å². The third kappa shape index (κ3) is 6.35. The summed E-state index contributed by atoms with van der Waals surface area (Å²) in [4.78, 5) is 12.2. The monoisotopic (exact) mass is 532 g/mol. The average Bonchev–Trinajstić information content (AvgIpc) is 3.52. The number of rotatable bonds is 10. The van der Waals surface area contributed by atoms with Crippen LogP contribution in [0.2, 0.25) is 0 Å². The van der Waals surface area contributed by atoms with Crippen LogP contribution >= 0.6 is 23.1 Å². The summed E-state index contributed by atoms with van der Waals surface area (Å²) in [7, 11) is -2.25. The van der Waals surface area contributed by atoms with E-state index in [9.17, 15) is 13.2 Å². The third-order valence-corrected chi connectivity index (χ3v) is 7.70. The molecule has 11 nitrogen and oxygen atoms in total. The lowest BCUT2D eigenvalue weighted by Crippen LogP contribution is -2.13. The largest absolute Gasteiger partial charge is 0.497 e. The van der Waals surface area contributed by atoms with Gasteiger partial charge in [-0.3, -0.25) is 14.8 Å². The van der Waals surface area contributed by atoms with Gasteiger partial charge in [0.1, 0.15) is 10.8 Å². The molecule has 182 valence electrons. The van der Waals surface area contributed by atoms with E-state index in [1.54, 1.807) is 36.4 Å². The molecule has 0 unspecified atom stereocenters. The van der Waals surface area contributed by atoms with E-state index in [2.05, 4.69) is 30.4 Å². The maximum atomic E-state index is 12.6. The number of benzene rings is 2. The van der Waals surface area contributed by atoms with E-state index >= 15 is 0 Å². The number of aromatic nitrogens is 4. The number of carbonyl (C=O) groups excluding carboxylic acids is 1. The fraction of sp³-hybridized carbons (Fsp3) is 0.190. The number of carbonyl (C=O) groups is 1. The topological polar surface area (TPSA) is 149 Å². The number of nitrogens with zero attached hydrogens (tertiary/aromatic N) is 4. The molecule has 0 saturated carbocycles. The summed E-state index contributed by atoms with van der Waals surface area (Å²) in [5, 5.41) is 20.0. The molecule has 4 rings (SSSR count). The number of hydrogen-bond donors (Lipinski definition) is 2. The highest BCUT2D eigenvalue weighted by Crippen LogP contribution is 2.26. The third-order valence-electron chi connectivity index (χ3n) is 4.50. The number of nitrogens with one attached hydrogen (secondary N) is 2. The standard InChI is InChI=1S/C21H20N6O5S3/c1-3-18-23-25-20(34-18)22-17(28)12-33-21-26-24-19(32-21)13-4-6-14(7-5-13)27-35(29,30)16-10-8-15(31-2)9-11-16/h4-11,27H,3,12H2,1-2H3,(H,22,25,28). The molecule has 0 aliphatic heterocycles. The Morgan fingerprint density at radius 2 is 1.80 bits per heavy atom. The lowest BCUT2D eigenvalue weighted by molar-refractivity contribution is -0.113. The van der Waals surface area contributed by atoms with Gasteiger partial charge >= 0.3 is 0 Å². The Kier molecular flexibility index (Phi) is 7.63. The lowest BCUT2D eigenvalue weighted by atomic mass is 10.2. The van der Waals surface area contributed by atoms with Crippen LogP contribution in [-0.2, 0) is 21.2 Å². The fourth-order valence-electron chi connectivity index (χ4n) is 2.76. The average molecular weight is 533 g/mol. The maximum Gasteiger partial charge on any atom is 0.277 e. The van der Waals surface area contributed by atoms with Crippen LogP contribution in [0.1, 0.15) is 11.9 Å². The van der Waals surface area contributed by atoms with E-state index in [1.165, 1.54) is 30.6 Å². The summed E-state index contributed by atoms with van der Waals surface area (Å²) in [6.45, 7) is 1.96. The number of methoxy groups -OCH3 is 1. The molecule has 0 fully saturated rings. The van der Waals surface area contributed by atoms with Crippen molar-refractivity contribution in [1.82, 2.24) is 20.4 Å². The molecule has 2 aromatic heterocycles. The summed E-state index contributed by atoms with van der Waals surface area (Å²) >= 11 is 2.42. The van der Waals surface area contributed by atoms with Crippen molar-refractivity contribution in [3.05, 3.63) is 53.5 Å². The van der Waals surface area contributed by atoms with Crippen LogP contribution in [0.15, 0.2) is 63.1 Å². The number of ether oxygens (including phenoxy) is 1. The highest BCUT2D eigenvalue weighted by Gasteiger charge is 2.16. The predicted molar refractivity (Wildman–Crippen MR) is 132 cm³/mol. The summed E-state index contributed by atoms with van der Waals surface area (Å²) in [5.74, 6) is 0.610. The van der Waals surface area contributed by atoms with Gasteiger partial charge in [0.05, 0.1) is 17.8 Å². The van der Waals surface area contributed by atoms with Crippen LogP contribution < -0.4 is 14.8 Å². The molecule has 0 radical (unpaired) electrons. The molecule has 0 atom stereocenters. The predicted octanol–water partition coefficient (Wildman–Crippen LogP) is 3.69. The molecule has 14 heteroatoms. The van der Waals surface area contributed by atoms with Crippen molar-refractivity contribution in [1.29, 1.82) is 0 Å². The fourth-order valence-corrected chi connectivity index (χ4v) is 5.08. The van der Waals surface area contributed by atoms with Gasteiger partial charge in [-0.1, -0.05) is 30.0 Å². The number of amides is 1. The van der Waals surface area contributed by atoms with E-state index in [0.29, 0.717) is 22.1 Å². The SMILES string of the molecule is CCc1nnc(NC(=O)CSc2nnc(-c3ccc(NS(=O)(=O)c4ccc(OC)cc4)cc3)o2)s1. The second-order valence-electron chi connectivity index (χ2n) is 6.92. The molecular formula is C21H20N6O5S3. The molecule has 35 heavy (non-hydrogen) atoms. The summed E-state index contributed by atoms with van der Waals surface area (Å²) < 4.78 is 38.3. The van der Waals surface area contributed by atoms with Gasteiger partial charge in [-0.25, -0.2) is 8.42 Å². The number of sulfonamides is 1. The summed E-state index contributed by atoms with van der Waals surface area (Å²) in [6, 6.07) is 12.6. The van der Waals surface area contributed by atoms with Crippen LogP contribution in [0.3, 0.4) is 0 Å². The number of hydrogen-bond acceptors (Lipinski definition) is 11. The molecule has 4 aromatic rings. The van der Waals surface area contributed by atoms with Gasteiger partial charge in [0, 0.05) is 11.3 Å². The molecular weight excluding hydrogens is 512 g/mol. The van der Waals surface area contributed by atoms with Crippen LogP contribution in [0.25, 0.3) is 11.5 Å². The van der Waals surface area contributed by atoms with Gasteiger partial charge in [0.2, 0.25) is 16.9 Å². The molecule has 0 saturated heterocycles. The van der Waals surface area contributed by atoms with Crippen molar-refractivity contribution in [2.24, 2.45) is 0 Å². The van der Waals surface area contributed by atoms with Gasteiger partial charge in [-0.05, 0) is 55.0 Å². The quantitative estimate of drug-likeness (QED) is 0.290. The molecule has 2 heterocycles. The van der Waals surface area contributed by atoms with Crippen molar-refractivity contribution in [2.45, 2.75) is 23.5 Å². The van der Waals surface area contributed by atoms with Gasteiger partial charge in [-0.2, -0.15) is 0 Å². The summed E-state index contributed by atoms with van der Waals surface area (Å²) in [6.07, 6.45) is 0.753. The first kappa shape index (κ1) is 24.6. The van der Waals surface area contributed by atoms with Crippen LogP contribution in [0.4, 0.5) is 10.8 Å². The first-order chi connectivity index (χ1) is 16.9. The zero-order valence-corrected chi connectivity index (χ0v) is 21.0. The molecule has 0 aliphatic carbocycles. The van der Waals surface area contributed by atoms with E-state index in [-0.39, 0.29) is 27.7 Å². The van der Waals surface area contributed by atoms with E-state index in [4.69, 9.17) is 9.15 Å². The van der Waals surface area contributed by atoms with Crippen molar-refractivity contribution in [3.8, 4) is 17.2 Å². The van der Waals surface area contributed by atoms with Gasteiger partial charge in [0.25, 0.3) is 15.2 Å². The Morgan fingerprint density at radius 1 is 1.06 bits per heavy atom. The Morgan fingerprint density at radius 3 is 2.46 bits per heavy atom. The first-order valence-corrected chi connectivity index (χ1v) is 13.5. The van der Waals surface area contributed by atoms with Crippen molar-refractivity contribution >= 4 is 49.8 Å². The minimum Gasteiger partial charge on any atom is -0.497 e. The Balaban J connectivity index is 1.34. The Labute approximate surface area is 209 Å². The Hall–Kier alpha value is -3.49.